The highest BCUT2D eigenvalue weighted by atomic mass is 32.2. The largest absolute Gasteiger partial charge is 0.354 e. The number of amides is 2. The predicted octanol–water partition coefficient (Wildman–Crippen LogP) is 1.71. The molecule has 0 unspecified atom stereocenters. The number of nitrogens with two attached hydrogens (primary N) is 1. The first kappa shape index (κ1) is 21.3. The van der Waals surface area contributed by atoms with Gasteiger partial charge in [-0.05, 0) is 87.3 Å². The first-order valence-electron chi connectivity index (χ1n) is 10.8. The van der Waals surface area contributed by atoms with Crippen LogP contribution in [0.25, 0.3) is 0 Å². The molecule has 0 heterocycles. The van der Waals surface area contributed by atoms with E-state index in [2.05, 4.69) is 10.6 Å². The lowest BCUT2D eigenvalue weighted by atomic mass is 9.49. The quantitative estimate of drug-likeness (QED) is 0.606. The smallest absolute Gasteiger partial charge is 0.242 e. The summed E-state index contributed by atoms with van der Waals surface area (Å²) >= 11 is 0. The third kappa shape index (κ3) is 4.39. The zero-order chi connectivity index (χ0) is 21.5. The fourth-order valence-electron chi connectivity index (χ4n) is 6.13. The van der Waals surface area contributed by atoms with Gasteiger partial charge in [-0.2, -0.15) is 0 Å². The van der Waals surface area contributed by atoms with Crippen molar-refractivity contribution in [1.29, 1.82) is 0 Å². The first-order valence-corrected chi connectivity index (χ1v) is 12.4. The van der Waals surface area contributed by atoms with Crippen LogP contribution >= 0.6 is 0 Å². The second-order valence-electron chi connectivity index (χ2n) is 9.62. The minimum Gasteiger partial charge on any atom is -0.354 e. The number of hydrogen-bond acceptors (Lipinski definition) is 4. The third-order valence-corrected chi connectivity index (χ3v) is 8.15. The van der Waals surface area contributed by atoms with Gasteiger partial charge < -0.3 is 10.6 Å². The van der Waals surface area contributed by atoms with Crippen molar-refractivity contribution >= 4 is 21.8 Å². The maximum absolute atomic E-state index is 13.1. The second-order valence-corrected chi connectivity index (χ2v) is 11.2. The second kappa shape index (κ2) is 7.96. The van der Waals surface area contributed by atoms with Gasteiger partial charge in [0.05, 0.1) is 4.90 Å². The fraction of sp³-hybridized carbons (Fsp3) is 0.636. The van der Waals surface area contributed by atoms with Gasteiger partial charge in [0.15, 0.2) is 0 Å². The van der Waals surface area contributed by atoms with Gasteiger partial charge in [-0.1, -0.05) is 12.1 Å². The van der Waals surface area contributed by atoms with Crippen LogP contribution in [0.15, 0.2) is 29.2 Å². The highest BCUT2D eigenvalue weighted by molar-refractivity contribution is 7.89. The fourth-order valence-corrected chi connectivity index (χ4v) is 6.65. The van der Waals surface area contributed by atoms with Gasteiger partial charge in [0, 0.05) is 12.0 Å². The Morgan fingerprint density at radius 1 is 1.07 bits per heavy atom. The summed E-state index contributed by atoms with van der Waals surface area (Å²) < 4.78 is 22.6. The van der Waals surface area contributed by atoms with Crippen LogP contribution in [-0.2, 0) is 26.0 Å². The Hall–Kier alpha value is -1.93. The van der Waals surface area contributed by atoms with Gasteiger partial charge in [0.2, 0.25) is 21.8 Å². The summed E-state index contributed by atoms with van der Waals surface area (Å²) in [5.74, 6) is 1.92. The average Bonchev–Trinajstić information content (AvgIpc) is 2.66. The van der Waals surface area contributed by atoms with Gasteiger partial charge in [-0.3, -0.25) is 9.59 Å². The van der Waals surface area contributed by atoms with Crippen molar-refractivity contribution in [3.63, 3.8) is 0 Å². The zero-order valence-electron chi connectivity index (χ0n) is 17.4. The minimum absolute atomic E-state index is 0.0582. The molecule has 4 fully saturated rings. The van der Waals surface area contributed by atoms with Crippen molar-refractivity contribution in [2.45, 2.75) is 62.8 Å². The van der Waals surface area contributed by atoms with E-state index >= 15 is 0 Å². The lowest BCUT2D eigenvalue weighted by Crippen LogP contribution is -2.56. The summed E-state index contributed by atoms with van der Waals surface area (Å²) in [4.78, 5) is 25.6. The monoisotopic (exact) mass is 433 g/mol. The number of hydrogen-bond donors (Lipinski definition) is 3. The van der Waals surface area contributed by atoms with E-state index in [9.17, 15) is 18.0 Å². The molecule has 4 bridgehead atoms. The summed E-state index contributed by atoms with van der Waals surface area (Å²) in [5.41, 5.74) is 0.641. The van der Waals surface area contributed by atoms with Crippen molar-refractivity contribution in [1.82, 2.24) is 10.6 Å². The molecule has 0 radical (unpaired) electrons. The van der Waals surface area contributed by atoms with Crippen molar-refractivity contribution in [2.75, 3.05) is 6.54 Å². The molecule has 1 aromatic carbocycles. The Morgan fingerprint density at radius 3 is 2.10 bits per heavy atom. The molecule has 7 nitrogen and oxygen atoms in total. The molecule has 4 aliphatic rings. The Bertz CT molecular complexity index is 891. The third-order valence-electron chi connectivity index (χ3n) is 7.23. The Labute approximate surface area is 178 Å². The van der Waals surface area contributed by atoms with E-state index in [4.69, 9.17) is 5.14 Å². The maximum Gasteiger partial charge on any atom is 0.242 e. The normalized spacial score (nSPS) is 30.7. The van der Waals surface area contributed by atoms with Crippen LogP contribution in [-0.4, -0.2) is 32.8 Å². The molecule has 164 valence electrons. The summed E-state index contributed by atoms with van der Waals surface area (Å²) in [5, 5.41) is 10.9. The van der Waals surface area contributed by atoms with Gasteiger partial charge in [-0.15, -0.1) is 0 Å². The SMILES string of the molecule is C[C@@H](NC(=O)C12CC3CC(CC(C3)C1)C2)C(=O)NCCc1ccc(S(N)(=O)=O)cc1. The van der Waals surface area contributed by atoms with Crippen LogP contribution in [0.3, 0.4) is 0 Å². The van der Waals surface area contributed by atoms with Gasteiger partial charge >= 0.3 is 0 Å². The molecule has 0 saturated heterocycles. The van der Waals surface area contributed by atoms with Crippen LogP contribution in [0.5, 0.6) is 0 Å². The lowest BCUT2D eigenvalue weighted by Gasteiger charge is -2.55. The number of carbonyl (C=O) groups is 2. The van der Waals surface area contributed by atoms with Crippen molar-refractivity contribution in [3.05, 3.63) is 29.8 Å². The highest BCUT2D eigenvalue weighted by Crippen LogP contribution is 2.60. The topological polar surface area (TPSA) is 118 Å². The van der Waals surface area contributed by atoms with Crippen molar-refractivity contribution in [2.24, 2.45) is 28.3 Å². The number of carbonyl (C=O) groups excluding carboxylic acids is 2. The summed E-state index contributed by atoms with van der Waals surface area (Å²) in [6.07, 6.45) is 7.34. The molecule has 8 heteroatoms. The molecule has 1 aromatic rings. The van der Waals surface area contributed by atoms with E-state index in [0.29, 0.717) is 30.7 Å². The molecule has 4 aliphatic carbocycles. The number of sulfonamides is 1. The number of rotatable bonds is 7. The first-order chi connectivity index (χ1) is 14.1. The Kier molecular flexibility index (Phi) is 5.66. The minimum atomic E-state index is -3.70. The van der Waals surface area contributed by atoms with Gasteiger partial charge in [-0.25, -0.2) is 13.6 Å². The van der Waals surface area contributed by atoms with Crippen LogP contribution in [0.4, 0.5) is 0 Å². The molecule has 0 aromatic heterocycles. The zero-order valence-corrected chi connectivity index (χ0v) is 18.2. The van der Waals surface area contributed by atoms with E-state index in [1.165, 1.54) is 31.4 Å². The van der Waals surface area contributed by atoms with Gasteiger partial charge in [0.1, 0.15) is 6.04 Å². The summed E-state index contributed by atoms with van der Waals surface area (Å²) in [6.45, 7) is 2.14. The summed E-state index contributed by atoms with van der Waals surface area (Å²) in [6, 6.07) is 5.71. The van der Waals surface area contributed by atoms with Crippen molar-refractivity contribution < 1.29 is 18.0 Å². The highest BCUT2D eigenvalue weighted by Gasteiger charge is 2.54. The molecule has 30 heavy (non-hydrogen) atoms. The standard InChI is InChI=1S/C22H31N3O4S/c1-14(20(26)24-7-6-15-2-4-19(5-3-15)30(23,28)29)25-21(27)22-11-16-8-17(12-22)10-18(9-16)13-22/h2-5,14,16-18H,6-13H2,1H3,(H,24,26)(H,25,27)(H2,23,28,29)/t14-,16?,17?,18?,22?/m1/s1. The average molecular weight is 434 g/mol. The van der Waals surface area contributed by atoms with E-state index in [0.717, 1.165) is 24.8 Å². The molecule has 0 spiro atoms. The van der Waals surface area contributed by atoms with E-state index in [1.54, 1.807) is 19.1 Å². The molecule has 2 amide bonds. The van der Waals surface area contributed by atoms with Gasteiger partial charge in [0.25, 0.3) is 0 Å². The molecule has 4 saturated carbocycles. The van der Waals surface area contributed by atoms with Crippen molar-refractivity contribution in [3.8, 4) is 0 Å². The van der Waals surface area contributed by atoms with Crippen LogP contribution < -0.4 is 15.8 Å². The van der Waals surface area contributed by atoms with E-state index in [1.807, 2.05) is 0 Å². The Balaban J connectivity index is 1.26. The molecular weight excluding hydrogens is 402 g/mol. The molecule has 0 aliphatic heterocycles. The van der Waals surface area contributed by atoms with Crippen LogP contribution in [0.2, 0.25) is 0 Å². The van der Waals surface area contributed by atoms with Crippen LogP contribution in [0.1, 0.15) is 51.0 Å². The maximum atomic E-state index is 13.1. The predicted molar refractivity (Wildman–Crippen MR) is 113 cm³/mol. The number of benzene rings is 1. The molecular formula is C22H31N3O4S. The lowest BCUT2D eigenvalue weighted by molar-refractivity contribution is -0.148. The van der Waals surface area contributed by atoms with E-state index in [-0.39, 0.29) is 22.1 Å². The van der Waals surface area contributed by atoms with Crippen LogP contribution in [0, 0.1) is 23.2 Å². The number of nitrogens with one attached hydrogen (secondary N) is 2. The number of primary sulfonamides is 1. The summed E-state index contributed by atoms with van der Waals surface area (Å²) in [7, 11) is -3.70. The van der Waals surface area contributed by atoms with E-state index < -0.39 is 16.1 Å². The Morgan fingerprint density at radius 2 is 1.60 bits per heavy atom. The molecule has 5 rings (SSSR count). The molecule has 4 N–H and O–H groups in total. The molecule has 1 atom stereocenters.